The predicted molar refractivity (Wildman–Crippen MR) is 97.8 cm³/mol. The van der Waals surface area contributed by atoms with E-state index in [4.69, 9.17) is 4.74 Å². The summed E-state index contributed by atoms with van der Waals surface area (Å²) in [4.78, 5) is 19.2. The molecule has 1 aromatic carbocycles. The number of aromatic nitrogens is 2. The van der Waals surface area contributed by atoms with Gasteiger partial charge in [-0.1, -0.05) is 12.6 Å². The van der Waals surface area contributed by atoms with Crippen LogP contribution in [0.5, 0.6) is 11.5 Å². The largest absolute Gasteiger partial charge is 0.453 e. The number of nitrogens with zero attached hydrogens (tertiary/aromatic N) is 2. The molecule has 2 aromatic heterocycles. The molecule has 0 radical (unpaired) electrons. The van der Waals surface area contributed by atoms with Gasteiger partial charge in [0, 0.05) is 18.1 Å². The van der Waals surface area contributed by atoms with Crippen LogP contribution in [0.3, 0.4) is 0 Å². The lowest BCUT2D eigenvalue weighted by Gasteiger charge is -2.13. The summed E-state index contributed by atoms with van der Waals surface area (Å²) < 4.78 is 43.6. The minimum Gasteiger partial charge on any atom is -0.453 e. The first kappa shape index (κ1) is 19.3. The number of aryl methyl sites for hydroxylation is 1. The molecule has 28 heavy (non-hydrogen) atoms. The van der Waals surface area contributed by atoms with Gasteiger partial charge in [-0.25, -0.2) is 4.98 Å². The molecule has 0 spiro atoms. The number of alkyl halides is 3. The molecule has 0 saturated carbocycles. The van der Waals surface area contributed by atoms with E-state index < -0.39 is 11.9 Å². The van der Waals surface area contributed by atoms with Crippen LogP contribution in [0.25, 0.3) is 10.9 Å². The molecular formula is C20H16F3N3O2. The van der Waals surface area contributed by atoms with Crippen molar-refractivity contribution in [3.8, 4) is 11.5 Å². The Hall–Kier alpha value is -3.42. The summed E-state index contributed by atoms with van der Waals surface area (Å²) in [6.07, 6.45) is -0.657. The van der Waals surface area contributed by atoms with E-state index in [0.717, 1.165) is 28.8 Å². The molecule has 3 aromatic rings. The third-order valence-electron chi connectivity index (χ3n) is 3.93. The summed E-state index contributed by atoms with van der Waals surface area (Å²) in [6.45, 7) is 5.56. The van der Waals surface area contributed by atoms with Crippen molar-refractivity contribution in [2.24, 2.45) is 0 Å². The van der Waals surface area contributed by atoms with Gasteiger partial charge in [-0.2, -0.15) is 13.2 Å². The number of nitrogens with one attached hydrogen (secondary N) is 1. The highest BCUT2D eigenvalue weighted by Crippen LogP contribution is 2.33. The minimum atomic E-state index is -4.51. The van der Waals surface area contributed by atoms with Gasteiger partial charge in [0.15, 0.2) is 5.75 Å². The fraction of sp³-hybridized carbons (Fsp3) is 0.150. The van der Waals surface area contributed by atoms with Crippen LogP contribution in [-0.4, -0.2) is 15.9 Å². The van der Waals surface area contributed by atoms with Crippen LogP contribution in [-0.2, 0) is 17.5 Å². The average molecular weight is 387 g/mol. The zero-order valence-corrected chi connectivity index (χ0v) is 14.9. The van der Waals surface area contributed by atoms with Crippen molar-refractivity contribution >= 4 is 16.8 Å². The van der Waals surface area contributed by atoms with Crippen LogP contribution in [0.4, 0.5) is 13.2 Å². The first-order chi connectivity index (χ1) is 13.3. The van der Waals surface area contributed by atoms with Gasteiger partial charge < -0.3 is 10.1 Å². The summed E-state index contributed by atoms with van der Waals surface area (Å²) in [7, 11) is 0. The molecule has 0 aliphatic rings. The number of rotatable bonds is 5. The number of hydrogen-bond acceptors (Lipinski definition) is 4. The van der Waals surface area contributed by atoms with Gasteiger partial charge in [0.25, 0.3) is 0 Å². The zero-order chi connectivity index (χ0) is 20.3. The maximum absolute atomic E-state index is 12.6. The molecule has 1 N–H and O–H groups in total. The van der Waals surface area contributed by atoms with Gasteiger partial charge in [0.2, 0.25) is 5.91 Å². The van der Waals surface area contributed by atoms with E-state index in [0.29, 0.717) is 11.3 Å². The second kappa shape index (κ2) is 7.67. The second-order valence-corrected chi connectivity index (χ2v) is 6.03. The number of pyridine rings is 2. The van der Waals surface area contributed by atoms with Crippen LogP contribution in [0.2, 0.25) is 0 Å². The standard InChI is InChI=1S/C20H16F3N3O2/c1-3-18(27)25-10-13-4-6-16(19-15(13)8-12(2)9-26-19)28-14-5-7-17(24-11-14)20(21,22)23/h3-9,11H,1,10H2,2H3,(H,25,27). The molecular weight excluding hydrogens is 371 g/mol. The van der Waals surface area contributed by atoms with Crippen LogP contribution >= 0.6 is 0 Å². The Morgan fingerprint density at radius 2 is 2.00 bits per heavy atom. The number of amides is 1. The van der Waals surface area contributed by atoms with E-state index in [2.05, 4.69) is 21.9 Å². The Bertz CT molecular complexity index is 1030. The van der Waals surface area contributed by atoms with Gasteiger partial charge >= 0.3 is 6.18 Å². The summed E-state index contributed by atoms with van der Waals surface area (Å²) in [6, 6.07) is 7.37. The average Bonchev–Trinajstić information content (AvgIpc) is 2.66. The molecule has 0 unspecified atom stereocenters. The Morgan fingerprint density at radius 3 is 2.64 bits per heavy atom. The van der Waals surface area contributed by atoms with Gasteiger partial charge in [-0.05, 0) is 48.4 Å². The van der Waals surface area contributed by atoms with E-state index >= 15 is 0 Å². The predicted octanol–water partition coefficient (Wildman–Crippen LogP) is 4.55. The highest BCUT2D eigenvalue weighted by atomic mass is 19.4. The number of hydrogen-bond donors (Lipinski definition) is 1. The summed E-state index contributed by atoms with van der Waals surface area (Å²) in [5.74, 6) is 0.227. The number of halogens is 3. The Balaban J connectivity index is 1.94. The monoisotopic (exact) mass is 387 g/mol. The lowest BCUT2D eigenvalue weighted by atomic mass is 10.1. The number of carbonyl (C=O) groups excluding carboxylic acids is 1. The molecule has 0 atom stereocenters. The van der Waals surface area contributed by atoms with E-state index in [1.165, 1.54) is 12.1 Å². The van der Waals surface area contributed by atoms with Crippen molar-refractivity contribution in [1.29, 1.82) is 0 Å². The molecule has 1 amide bonds. The first-order valence-corrected chi connectivity index (χ1v) is 8.27. The molecule has 0 aliphatic carbocycles. The molecule has 144 valence electrons. The fourth-order valence-electron chi connectivity index (χ4n) is 2.58. The molecule has 0 bridgehead atoms. The van der Waals surface area contributed by atoms with E-state index in [9.17, 15) is 18.0 Å². The number of carbonyl (C=O) groups is 1. The normalized spacial score (nSPS) is 11.3. The molecule has 5 nitrogen and oxygen atoms in total. The van der Waals surface area contributed by atoms with Crippen LogP contribution in [0.1, 0.15) is 16.8 Å². The van der Waals surface area contributed by atoms with E-state index in [-0.39, 0.29) is 18.2 Å². The summed E-state index contributed by atoms with van der Waals surface area (Å²) in [5.41, 5.74) is 1.26. The van der Waals surface area contributed by atoms with Crippen molar-refractivity contribution in [1.82, 2.24) is 15.3 Å². The quantitative estimate of drug-likeness (QED) is 0.653. The SMILES string of the molecule is C=CC(=O)NCc1ccc(Oc2ccc(C(F)(F)F)nc2)c2ncc(C)cc12. The summed E-state index contributed by atoms with van der Waals surface area (Å²) in [5, 5.41) is 3.47. The van der Waals surface area contributed by atoms with E-state index in [1.807, 2.05) is 13.0 Å². The Kier molecular flexibility index (Phi) is 5.30. The Labute approximate surface area is 158 Å². The van der Waals surface area contributed by atoms with E-state index in [1.54, 1.807) is 18.3 Å². The van der Waals surface area contributed by atoms with Crippen molar-refractivity contribution in [3.05, 3.63) is 72.2 Å². The molecule has 2 heterocycles. The molecule has 8 heteroatoms. The van der Waals surface area contributed by atoms with Crippen LogP contribution in [0, 0.1) is 6.92 Å². The van der Waals surface area contributed by atoms with Gasteiger partial charge in [0.05, 0.1) is 6.20 Å². The number of fused-ring (bicyclic) bond motifs is 1. The molecule has 3 rings (SSSR count). The molecule has 0 aliphatic heterocycles. The fourth-order valence-corrected chi connectivity index (χ4v) is 2.58. The maximum atomic E-state index is 12.6. The minimum absolute atomic E-state index is 0.157. The topological polar surface area (TPSA) is 64.1 Å². The maximum Gasteiger partial charge on any atom is 0.433 e. The van der Waals surface area contributed by atoms with Gasteiger partial charge in [-0.15, -0.1) is 0 Å². The number of benzene rings is 1. The van der Waals surface area contributed by atoms with Crippen molar-refractivity contribution in [2.75, 3.05) is 0 Å². The third kappa shape index (κ3) is 4.28. The molecule has 0 saturated heterocycles. The highest BCUT2D eigenvalue weighted by Gasteiger charge is 2.32. The van der Waals surface area contributed by atoms with Crippen LogP contribution < -0.4 is 10.1 Å². The molecule has 0 fully saturated rings. The highest BCUT2D eigenvalue weighted by molar-refractivity contribution is 5.90. The Morgan fingerprint density at radius 1 is 1.21 bits per heavy atom. The zero-order valence-electron chi connectivity index (χ0n) is 14.9. The smallest absolute Gasteiger partial charge is 0.433 e. The van der Waals surface area contributed by atoms with Gasteiger partial charge in [0.1, 0.15) is 17.0 Å². The third-order valence-corrected chi connectivity index (χ3v) is 3.93. The lowest BCUT2D eigenvalue weighted by Crippen LogP contribution is -2.20. The second-order valence-electron chi connectivity index (χ2n) is 6.03. The van der Waals surface area contributed by atoms with Gasteiger partial charge in [-0.3, -0.25) is 9.78 Å². The first-order valence-electron chi connectivity index (χ1n) is 8.27. The van der Waals surface area contributed by atoms with Crippen molar-refractivity contribution in [2.45, 2.75) is 19.6 Å². The summed E-state index contributed by atoms with van der Waals surface area (Å²) >= 11 is 0. The number of ether oxygens (including phenoxy) is 1. The van der Waals surface area contributed by atoms with Crippen molar-refractivity contribution in [3.63, 3.8) is 0 Å². The van der Waals surface area contributed by atoms with Crippen LogP contribution in [0.15, 0.2) is 55.4 Å². The lowest BCUT2D eigenvalue weighted by molar-refractivity contribution is -0.141. The van der Waals surface area contributed by atoms with Crippen molar-refractivity contribution < 1.29 is 22.7 Å².